The largest absolute Gasteiger partial charge is 0.506 e. The smallest absolute Gasteiger partial charge is 0.311 e. The van der Waals surface area contributed by atoms with Gasteiger partial charge < -0.3 is 15.5 Å². The molecule has 8 nitrogen and oxygen atoms in total. The van der Waals surface area contributed by atoms with Gasteiger partial charge in [0.2, 0.25) is 5.75 Å². The first-order chi connectivity index (χ1) is 13.4. The van der Waals surface area contributed by atoms with Crippen LogP contribution in [0.25, 0.3) is 0 Å². The van der Waals surface area contributed by atoms with Crippen molar-refractivity contribution in [1.82, 2.24) is 0 Å². The number of aromatic hydroxyl groups is 2. The second-order valence-corrected chi connectivity index (χ2v) is 6.14. The minimum atomic E-state index is -0.850. The Kier molecular flexibility index (Phi) is 3.82. The van der Waals surface area contributed by atoms with E-state index >= 15 is 0 Å². The van der Waals surface area contributed by atoms with Gasteiger partial charge in [0.15, 0.2) is 11.6 Å². The monoisotopic (exact) mass is 376 g/mol. The highest BCUT2D eigenvalue weighted by Crippen LogP contribution is 2.43. The van der Waals surface area contributed by atoms with Gasteiger partial charge in [-0.05, 0) is 30.3 Å². The number of ketones is 2. The Balaban J connectivity index is 1.93. The van der Waals surface area contributed by atoms with E-state index in [1.165, 1.54) is 12.1 Å². The van der Waals surface area contributed by atoms with Crippen molar-refractivity contribution in [2.75, 3.05) is 5.32 Å². The van der Waals surface area contributed by atoms with Gasteiger partial charge in [0.05, 0.1) is 21.7 Å². The number of fused-ring (bicyclic) bond motifs is 2. The quantitative estimate of drug-likeness (QED) is 0.283. The lowest BCUT2D eigenvalue weighted by atomic mass is 9.82. The molecular formula is C20H12N2O6. The van der Waals surface area contributed by atoms with Gasteiger partial charge in [0, 0.05) is 22.9 Å². The molecule has 4 rings (SSSR count). The fourth-order valence-corrected chi connectivity index (χ4v) is 3.22. The molecule has 1 aliphatic rings. The number of para-hydroxylation sites is 1. The van der Waals surface area contributed by atoms with Crippen molar-refractivity contribution < 1.29 is 24.7 Å². The number of benzene rings is 3. The molecule has 0 saturated carbocycles. The van der Waals surface area contributed by atoms with Gasteiger partial charge in [-0.15, -0.1) is 0 Å². The third-order valence-corrected chi connectivity index (χ3v) is 4.52. The maximum Gasteiger partial charge on any atom is 0.311 e. The molecule has 0 bridgehead atoms. The summed E-state index contributed by atoms with van der Waals surface area (Å²) in [5.74, 6) is -2.46. The van der Waals surface area contributed by atoms with Gasteiger partial charge in [-0.2, -0.15) is 0 Å². The zero-order chi connectivity index (χ0) is 20.0. The molecule has 0 spiro atoms. The van der Waals surface area contributed by atoms with Crippen LogP contribution in [0.5, 0.6) is 11.5 Å². The summed E-state index contributed by atoms with van der Waals surface area (Å²) >= 11 is 0. The number of carbonyl (C=O) groups excluding carboxylic acids is 2. The summed E-state index contributed by atoms with van der Waals surface area (Å²) in [4.78, 5) is 36.2. The number of phenols is 2. The molecule has 0 heterocycles. The Hall–Kier alpha value is -4.20. The first-order valence-electron chi connectivity index (χ1n) is 8.18. The maximum atomic E-state index is 13.1. The molecule has 138 valence electrons. The van der Waals surface area contributed by atoms with Crippen LogP contribution in [0.3, 0.4) is 0 Å². The molecule has 1 aliphatic carbocycles. The Morgan fingerprint density at radius 2 is 1.43 bits per heavy atom. The average Bonchev–Trinajstić information content (AvgIpc) is 2.68. The van der Waals surface area contributed by atoms with Gasteiger partial charge in [-0.25, -0.2) is 0 Å². The van der Waals surface area contributed by atoms with Crippen LogP contribution < -0.4 is 5.32 Å². The van der Waals surface area contributed by atoms with Gasteiger partial charge >= 0.3 is 5.69 Å². The van der Waals surface area contributed by atoms with Gasteiger partial charge in [-0.1, -0.05) is 18.2 Å². The second-order valence-electron chi connectivity index (χ2n) is 6.14. The molecule has 0 aromatic heterocycles. The summed E-state index contributed by atoms with van der Waals surface area (Å²) in [7, 11) is 0. The third-order valence-electron chi connectivity index (χ3n) is 4.52. The molecule has 0 atom stereocenters. The van der Waals surface area contributed by atoms with E-state index in [2.05, 4.69) is 5.32 Å². The Morgan fingerprint density at radius 3 is 2.11 bits per heavy atom. The first-order valence-corrected chi connectivity index (χ1v) is 8.18. The third kappa shape index (κ3) is 2.47. The molecule has 8 heteroatoms. The van der Waals surface area contributed by atoms with Crippen molar-refractivity contribution in [2.45, 2.75) is 0 Å². The van der Waals surface area contributed by atoms with E-state index in [9.17, 15) is 29.9 Å². The summed E-state index contributed by atoms with van der Waals surface area (Å²) in [6.45, 7) is 0. The van der Waals surface area contributed by atoms with Crippen molar-refractivity contribution in [3.05, 3.63) is 87.0 Å². The number of nitro benzene ring substituents is 1. The number of hydrogen-bond donors (Lipinski definition) is 3. The molecular weight excluding hydrogens is 364 g/mol. The summed E-state index contributed by atoms with van der Waals surface area (Å²) in [6.07, 6.45) is 0. The first kappa shape index (κ1) is 17.2. The molecule has 3 aromatic carbocycles. The lowest BCUT2D eigenvalue weighted by Gasteiger charge is -2.22. The van der Waals surface area contributed by atoms with E-state index < -0.39 is 33.5 Å². The molecule has 0 fully saturated rings. The van der Waals surface area contributed by atoms with Crippen LogP contribution in [0.1, 0.15) is 31.8 Å². The molecule has 0 saturated heterocycles. The van der Waals surface area contributed by atoms with Crippen molar-refractivity contribution in [1.29, 1.82) is 0 Å². The maximum absolute atomic E-state index is 13.1. The highest BCUT2D eigenvalue weighted by Gasteiger charge is 2.37. The van der Waals surface area contributed by atoms with E-state index in [-0.39, 0.29) is 28.1 Å². The Labute approximate surface area is 157 Å². The van der Waals surface area contributed by atoms with Crippen LogP contribution >= 0.6 is 0 Å². The van der Waals surface area contributed by atoms with E-state index in [4.69, 9.17) is 0 Å². The lowest BCUT2D eigenvalue weighted by Crippen LogP contribution is -2.22. The average molecular weight is 376 g/mol. The number of nitro groups is 1. The zero-order valence-corrected chi connectivity index (χ0v) is 14.2. The second kappa shape index (κ2) is 6.20. The zero-order valence-electron chi connectivity index (χ0n) is 14.2. The van der Waals surface area contributed by atoms with Crippen molar-refractivity contribution in [3.8, 4) is 11.5 Å². The standard InChI is InChI=1S/C20H12N2O6/c23-14-9-7-11-15(17(14)21-10-4-2-1-3-5-10)18(24)12-6-8-13(22(27)28)20(26)16(12)19(11)25/h1-9,21,23,26H. The van der Waals surface area contributed by atoms with E-state index in [0.717, 1.165) is 12.1 Å². The molecule has 28 heavy (non-hydrogen) atoms. The van der Waals surface area contributed by atoms with Crippen LogP contribution in [-0.4, -0.2) is 26.7 Å². The van der Waals surface area contributed by atoms with E-state index in [1.807, 2.05) is 0 Å². The topological polar surface area (TPSA) is 130 Å². The SMILES string of the molecule is O=C1c2ccc(O)c(Nc3ccccc3)c2C(=O)c2ccc([N+](=O)[O-])c(O)c21. The number of anilines is 2. The number of carbonyl (C=O) groups is 2. The van der Waals surface area contributed by atoms with Crippen molar-refractivity contribution >= 4 is 28.6 Å². The molecule has 3 aromatic rings. The number of phenolic OH excluding ortho intramolecular Hbond substituents is 2. The molecule has 0 unspecified atom stereocenters. The predicted octanol–water partition coefficient (Wildman–Crippen LogP) is 3.53. The Morgan fingerprint density at radius 1 is 0.821 bits per heavy atom. The van der Waals surface area contributed by atoms with Crippen LogP contribution in [0.2, 0.25) is 0 Å². The van der Waals surface area contributed by atoms with Crippen LogP contribution in [0.4, 0.5) is 17.1 Å². The number of nitrogens with zero attached hydrogens (tertiary/aromatic N) is 1. The molecule has 0 radical (unpaired) electrons. The minimum absolute atomic E-state index is 0.0468. The van der Waals surface area contributed by atoms with Crippen molar-refractivity contribution in [2.24, 2.45) is 0 Å². The fraction of sp³-hybridized carbons (Fsp3) is 0. The number of hydrogen-bond acceptors (Lipinski definition) is 7. The molecule has 0 amide bonds. The Bertz CT molecular complexity index is 1170. The summed E-state index contributed by atoms with van der Waals surface area (Å²) in [5, 5.41) is 34.5. The van der Waals surface area contributed by atoms with Crippen LogP contribution in [0.15, 0.2) is 54.6 Å². The number of rotatable bonds is 3. The lowest BCUT2D eigenvalue weighted by molar-refractivity contribution is -0.385. The van der Waals surface area contributed by atoms with Gasteiger partial charge in [0.1, 0.15) is 5.75 Å². The predicted molar refractivity (Wildman–Crippen MR) is 99.5 cm³/mol. The normalized spacial score (nSPS) is 12.3. The minimum Gasteiger partial charge on any atom is -0.506 e. The highest BCUT2D eigenvalue weighted by molar-refractivity contribution is 6.31. The van der Waals surface area contributed by atoms with E-state index in [1.54, 1.807) is 30.3 Å². The van der Waals surface area contributed by atoms with Crippen LogP contribution in [-0.2, 0) is 0 Å². The van der Waals surface area contributed by atoms with Gasteiger partial charge in [0.25, 0.3) is 0 Å². The van der Waals surface area contributed by atoms with Gasteiger partial charge in [-0.3, -0.25) is 19.7 Å². The van der Waals surface area contributed by atoms with E-state index in [0.29, 0.717) is 5.69 Å². The highest BCUT2D eigenvalue weighted by atomic mass is 16.6. The summed E-state index contributed by atoms with van der Waals surface area (Å²) in [6, 6.07) is 13.4. The molecule has 0 aliphatic heterocycles. The van der Waals surface area contributed by atoms with Crippen molar-refractivity contribution in [3.63, 3.8) is 0 Å². The number of nitrogens with one attached hydrogen (secondary N) is 1. The molecule has 3 N–H and O–H groups in total. The summed E-state index contributed by atoms with van der Waals surface area (Å²) in [5.41, 5.74) is -0.733. The van der Waals surface area contributed by atoms with Crippen LogP contribution in [0, 0.1) is 10.1 Å². The summed E-state index contributed by atoms with van der Waals surface area (Å²) < 4.78 is 0. The fourth-order valence-electron chi connectivity index (χ4n) is 3.22.